The van der Waals surface area contributed by atoms with Crippen LogP contribution in [0.3, 0.4) is 0 Å². The summed E-state index contributed by atoms with van der Waals surface area (Å²) in [7, 11) is 0. The molecule has 0 saturated carbocycles. The first kappa shape index (κ1) is 13.3. The van der Waals surface area contributed by atoms with E-state index >= 15 is 0 Å². The molecule has 0 bridgehead atoms. The molecule has 0 aromatic carbocycles. The van der Waals surface area contributed by atoms with Crippen LogP contribution < -0.4 is 0 Å². The van der Waals surface area contributed by atoms with Crippen molar-refractivity contribution in [3.8, 4) is 6.07 Å². The van der Waals surface area contributed by atoms with Crippen molar-refractivity contribution in [2.75, 3.05) is 13.1 Å². The summed E-state index contributed by atoms with van der Waals surface area (Å²) >= 11 is 1.04. The minimum Gasteiger partial charge on any atom is -0.297 e. The summed E-state index contributed by atoms with van der Waals surface area (Å²) in [5.74, 6) is 0.0864. The number of piperidine rings is 1. The number of nitriles is 1. The third-order valence-corrected chi connectivity index (χ3v) is 3.80. The van der Waals surface area contributed by atoms with Gasteiger partial charge in [0.15, 0.2) is 5.69 Å². The molecule has 0 N–H and O–H groups in total. The highest BCUT2D eigenvalue weighted by molar-refractivity contribution is 7.09. The lowest BCUT2D eigenvalue weighted by Crippen LogP contribution is -2.32. The monoisotopic (exact) mass is 275 g/mol. The van der Waals surface area contributed by atoms with Gasteiger partial charge >= 0.3 is 6.18 Å². The number of likely N-dealkylation sites (tertiary alicyclic amines) is 1. The van der Waals surface area contributed by atoms with E-state index in [-0.39, 0.29) is 5.92 Å². The summed E-state index contributed by atoms with van der Waals surface area (Å²) in [4.78, 5) is 5.65. The molecule has 1 saturated heterocycles. The number of hydrogen-bond donors (Lipinski definition) is 0. The van der Waals surface area contributed by atoms with E-state index in [1.54, 1.807) is 0 Å². The van der Waals surface area contributed by atoms with Gasteiger partial charge < -0.3 is 0 Å². The molecule has 1 aliphatic rings. The van der Waals surface area contributed by atoms with Crippen molar-refractivity contribution in [2.24, 2.45) is 5.92 Å². The van der Waals surface area contributed by atoms with E-state index in [0.717, 1.165) is 42.6 Å². The van der Waals surface area contributed by atoms with E-state index in [1.165, 1.54) is 0 Å². The van der Waals surface area contributed by atoms with Crippen LogP contribution in [-0.2, 0) is 12.7 Å². The van der Waals surface area contributed by atoms with E-state index < -0.39 is 11.9 Å². The SMILES string of the molecule is N#CC1CCN(Cc2nc(C(F)(F)F)cs2)CC1. The number of halogens is 3. The lowest BCUT2D eigenvalue weighted by molar-refractivity contribution is -0.140. The van der Waals surface area contributed by atoms with E-state index in [2.05, 4.69) is 11.1 Å². The molecular weight excluding hydrogens is 263 g/mol. The van der Waals surface area contributed by atoms with Gasteiger partial charge in [-0.15, -0.1) is 11.3 Å². The van der Waals surface area contributed by atoms with Gasteiger partial charge in [0.25, 0.3) is 0 Å². The molecule has 0 spiro atoms. The second-order valence-corrected chi connectivity index (χ2v) is 5.25. The molecule has 0 amide bonds. The van der Waals surface area contributed by atoms with Crippen LogP contribution in [0.4, 0.5) is 13.2 Å². The maximum Gasteiger partial charge on any atom is 0.434 e. The fraction of sp³-hybridized carbons (Fsp3) is 0.636. The molecule has 1 aromatic rings. The van der Waals surface area contributed by atoms with Crippen LogP contribution in [-0.4, -0.2) is 23.0 Å². The summed E-state index contributed by atoms with van der Waals surface area (Å²) in [6.07, 6.45) is -2.79. The normalized spacial score (nSPS) is 18.8. The third kappa shape index (κ3) is 3.21. The lowest BCUT2D eigenvalue weighted by Gasteiger charge is -2.28. The van der Waals surface area contributed by atoms with Crippen molar-refractivity contribution >= 4 is 11.3 Å². The Morgan fingerprint density at radius 1 is 1.44 bits per heavy atom. The second kappa shape index (κ2) is 5.24. The van der Waals surface area contributed by atoms with Crippen LogP contribution in [0, 0.1) is 17.2 Å². The van der Waals surface area contributed by atoms with Gasteiger partial charge in [-0.25, -0.2) is 4.98 Å². The fourth-order valence-corrected chi connectivity index (χ4v) is 2.77. The lowest BCUT2D eigenvalue weighted by atomic mass is 9.99. The average molecular weight is 275 g/mol. The molecule has 3 nitrogen and oxygen atoms in total. The summed E-state index contributed by atoms with van der Waals surface area (Å²) in [5.41, 5.74) is -0.811. The Bertz CT molecular complexity index is 441. The Hall–Kier alpha value is -1.13. The molecule has 18 heavy (non-hydrogen) atoms. The van der Waals surface area contributed by atoms with Crippen LogP contribution in [0.15, 0.2) is 5.38 Å². The van der Waals surface area contributed by atoms with Crippen molar-refractivity contribution in [3.63, 3.8) is 0 Å². The molecule has 2 heterocycles. The molecule has 0 atom stereocenters. The highest BCUT2D eigenvalue weighted by Crippen LogP contribution is 2.30. The minimum absolute atomic E-state index is 0.0864. The van der Waals surface area contributed by atoms with E-state index in [9.17, 15) is 13.2 Å². The summed E-state index contributed by atoms with van der Waals surface area (Å²) in [6, 6.07) is 2.22. The molecule has 2 rings (SSSR count). The van der Waals surface area contributed by atoms with Crippen LogP contribution in [0.1, 0.15) is 23.5 Å². The van der Waals surface area contributed by atoms with Crippen molar-refractivity contribution in [1.82, 2.24) is 9.88 Å². The molecule has 98 valence electrons. The Kier molecular flexibility index (Phi) is 3.88. The number of thiazole rings is 1. The molecule has 0 aliphatic carbocycles. The average Bonchev–Trinajstić information content (AvgIpc) is 2.78. The summed E-state index contributed by atoms with van der Waals surface area (Å²) in [5, 5.41) is 10.3. The largest absolute Gasteiger partial charge is 0.434 e. The number of alkyl halides is 3. The molecular formula is C11H12F3N3S. The zero-order chi connectivity index (χ0) is 13.2. The summed E-state index contributed by atoms with van der Waals surface area (Å²) < 4.78 is 37.1. The standard InChI is InChI=1S/C11H12F3N3S/c12-11(13,14)9-7-18-10(16-9)6-17-3-1-8(5-15)2-4-17/h7-8H,1-4,6H2. The molecule has 7 heteroatoms. The maximum absolute atomic E-state index is 12.4. The minimum atomic E-state index is -4.36. The summed E-state index contributed by atoms with van der Waals surface area (Å²) in [6.45, 7) is 1.94. The first-order chi connectivity index (χ1) is 8.49. The van der Waals surface area contributed by atoms with Gasteiger partial charge in [0.2, 0.25) is 0 Å². The highest BCUT2D eigenvalue weighted by atomic mass is 32.1. The van der Waals surface area contributed by atoms with Gasteiger partial charge in [0.05, 0.1) is 12.6 Å². The number of aromatic nitrogens is 1. The van der Waals surface area contributed by atoms with Gasteiger partial charge in [-0.3, -0.25) is 4.90 Å². The van der Waals surface area contributed by atoms with Crippen molar-refractivity contribution in [3.05, 3.63) is 16.1 Å². The fourth-order valence-electron chi connectivity index (χ4n) is 1.93. The Morgan fingerprint density at radius 2 is 2.11 bits per heavy atom. The molecule has 1 aliphatic heterocycles. The maximum atomic E-state index is 12.4. The van der Waals surface area contributed by atoms with E-state index in [4.69, 9.17) is 5.26 Å². The van der Waals surface area contributed by atoms with Gasteiger partial charge in [0, 0.05) is 11.3 Å². The first-order valence-corrected chi connectivity index (χ1v) is 6.50. The van der Waals surface area contributed by atoms with Gasteiger partial charge in [-0.1, -0.05) is 0 Å². The van der Waals surface area contributed by atoms with Crippen LogP contribution in [0.2, 0.25) is 0 Å². The number of rotatable bonds is 2. The quantitative estimate of drug-likeness (QED) is 0.833. The van der Waals surface area contributed by atoms with Gasteiger partial charge in [0.1, 0.15) is 5.01 Å². The molecule has 0 unspecified atom stereocenters. The Morgan fingerprint density at radius 3 is 2.61 bits per heavy atom. The predicted molar refractivity (Wildman–Crippen MR) is 60.7 cm³/mol. The van der Waals surface area contributed by atoms with Gasteiger partial charge in [-0.2, -0.15) is 18.4 Å². The Balaban J connectivity index is 1.91. The van der Waals surface area contributed by atoms with Crippen molar-refractivity contribution < 1.29 is 13.2 Å². The van der Waals surface area contributed by atoms with E-state index in [1.807, 2.05) is 4.90 Å². The zero-order valence-corrected chi connectivity index (χ0v) is 10.4. The second-order valence-electron chi connectivity index (χ2n) is 4.30. The van der Waals surface area contributed by atoms with Gasteiger partial charge in [-0.05, 0) is 25.9 Å². The van der Waals surface area contributed by atoms with Crippen LogP contribution >= 0.6 is 11.3 Å². The Labute approximate surface area is 107 Å². The van der Waals surface area contributed by atoms with Crippen LogP contribution in [0.5, 0.6) is 0 Å². The smallest absolute Gasteiger partial charge is 0.297 e. The zero-order valence-electron chi connectivity index (χ0n) is 9.57. The molecule has 0 radical (unpaired) electrons. The topological polar surface area (TPSA) is 39.9 Å². The molecule has 1 aromatic heterocycles. The van der Waals surface area contributed by atoms with E-state index in [0.29, 0.717) is 11.6 Å². The molecule has 1 fully saturated rings. The van der Waals surface area contributed by atoms with Crippen LogP contribution in [0.25, 0.3) is 0 Å². The third-order valence-electron chi connectivity index (χ3n) is 2.97. The predicted octanol–water partition coefficient (Wildman–Crippen LogP) is 2.90. The highest BCUT2D eigenvalue weighted by Gasteiger charge is 2.33. The first-order valence-electron chi connectivity index (χ1n) is 5.62. The van der Waals surface area contributed by atoms with Crippen molar-refractivity contribution in [1.29, 1.82) is 5.26 Å². The van der Waals surface area contributed by atoms with Crippen molar-refractivity contribution in [2.45, 2.75) is 25.6 Å². The number of hydrogen-bond acceptors (Lipinski definition) is 4. The number of nitrogens with zero attached hydrogens (tertiary/aromatic N) is 3.